The molecular weight excluding hydrogens is 366 g/mol. The first-order chi connectivity index (χ1) is 13.8. The normalized spacial score (nSPS) is 9.45. The first-order valence-corrected chi connectivity index (χ1v) is 8.76. The van der Waals surface area contributed by atoms with Gasteiger partial charge in [0.15, 0.2) is 0 Å². The van der Waals surface area contributed by atoms with E-state index in [1.165, 1.54) is 0 Å². The van der Waals surface area contributed by atoms with Crippen molar-refractivity contribution in [2.24, 2.45) is 5.73 Å². The van der Waals surface area contributed by atoms with Crippen LogP contribution in [0.5, 0.6) is 5.75 Å². The second kappa shape index (κ2) is 9.77. The second-order valence-corrected chi connectivity index (χ2v) is 6.35. The predicted molar refractivity (Wildman–Crippen MR) is 113 cm³/mol. The third kappa shape index (κ3) is 5.72. The highest BCUT2D eigenvalue weighted by Crippen LogP contribution is 2.25. The van der Waals surface area contributed by atoms with E-state index in [0.29, 0.717) is 5.56 Å². The maximum Gasteiger partial charge on any atom is 0.290 e. The smallest absolute Gasteiger partial charge is 0.290 e. The predicted octanol–water partition coefficient (Wildman–Crippen LogP) is 3.88. The highest BCUT2D eigenvalue weighted by Gasteiger charge is 2.06. The molecule has 5 nitrogen and oxygen atoms in total. The number of carbonyl (C=O) groups is 2. The summed E-state index contributed by atoms with van der Waals surface area (Å²) in [5, 5.41) is 16.4. The molecule has 0 radical (unpaired) electrons. The van der Waals surface area contributed by atoms with Crippen molar-refractivity contribution in [3.05, 3.63) is 88.5 Å². The number of nitrogens with two attached hydrogens (primary N) is 1. The third-order valence-corrected chi connectivity index (χ3v) is 4.20. The molecule has 0 aliphatic carbocycles. The highest BCUT2D eigenvalue weighted by atomic mass is 16.3. The van der Waals surface area contributed by atoms with Crippen LogP contribution in [0.3, 0.4) is 0 Å². The number of aryl methyl sites for hydroxylation is 2. The van der Waals surface area contributed by atoms with E-state index in [0.717, 1.165) is 33.4 Å². The molecule has 3 aromatic rings. The van der Waals surface area contributed by atoms with E-state index in [-0.39, 0.29) is 12.2 Å². The summed E-state index contributed by atoms with van der Waals surface area (Å²) in [6, 6.07) is 18.4. The Kier molecular flexibility index (Phi) is 7.16. The lowest BCUT2D eigenvalue weighted by Crippen LogP contribution is -2.10. The lowest BCUT2D eigenvalue weighted by atomic mass is 9.96. The zero-order valence-electron chi connectivity index (χ0n) is 16.1. The van der Waals surface area contributed by atoms with Crippen LogP contribution in [0.15, 0.2) is 60.7 Å². The van der Waals surface area contributed by atoms with Gasteiger partial charge >= 0.3 is 0 Å². The van der Waals surface area contributed by atoms with Crippen LogP contribution in [0.2, 0.25) is 0 Å². The number of rotatable bonds is 2. The number of primary amides is 1. The van der Waals surface area contributed by atoms with Gasteiger partial charge in [0.2, 0.25) is 5.91 Å². The average Bonchev–Trinajstić information content (AvgIpc) is 2.69. The Morgan fingerprint density at radius 3 is 2.10 bits per heavy atom. The Hall–Kier alpha value is -4.04. The maximum atomic E-state index is 11.3. The largest absolute Gasteiger partial charge is 0.508 e. The summed E-state index contributed by atoms with van der Waals surface area (Å²) in [6.45, 7) is 3.70. The van der Waals surface area contributed by atoms with Gasteiger partial charge in [-0.3, -0.25) is 9.59 Å². The third-order valence-electron chi connectivity index (χ3n) is 4.20. The fourth-order valence-corrected chi connectivity index (χ4v) is 2.74. The molecule has 0 fully saturated rings. The minimum atomic E-state index is -0.441. The highest BCUT2D eigenvalue weighted by molar-refractivity contribution is 5.93. The van der Waals surface area contributed by atoms with Gasteiger partial charge in [-0.1, -0.05) is 41.7 Å². The van der Waals surface area contributed by atoms with Gasteiger partial charge in [0.05, 0.1) is 0 Å². The molecule has 0 saturated heterocycles. The number of benzene rings is 3. The van der Waals surface area contributed by atoms with Crippen molar-refractivity contribution in [3.63, 3.8) is 0 Å². The van der Waals surface area contributed by atoms with E-state index >= 15 is 0 Å². The van der Waals surface area contributed by atoms with Crippen molar-refractivity contribution >= 4 is 12.4 Å². The molecule has 0 heterocycles. The van der Waals surface area contributed by atoms with Crippen LogP contribution in [0, 0.1) is 25.7 Å². The van der Waals surface area contributed by atoms with E-state index in [2.05, 4.69) is 17.9 Å². The van der Waals surface area contributed by atoms with E-state index in [1.807, 2.05) is 44.2 Å². The van der Waals surface area contributed by atoms with Gasteiger partial charge in [0.25, 0.3) is 6.47 Å². The molecule has 0 bridgehead atoms. The molecule has 0 spiro atoms. The van der Waals surface area contributed by atoms with Crippen LogP contribution < -0.4 is 5.73 Å². The molecule has 1 amide bonds. The summed E-state index contributed by atoms with van der Waals surface area (Å²) in [4.78, 5) is 19.6. The Balaban J connectivity index is 0.000000941. The Labute approximate surface area is 169 Å². The SMILES string of the molecule is Cc1ccc(C#Cc2ccc(O)cc2C)c(-c2ccc(C(N)=O)cc2)c1.O=CO. The number of phenolic OH excluding ortho intramolecular Hbond substituents is 1. The van der Waals surface area contributed by atoms with Gasteiger partial charge in [-0.2, -0.15) is 0 Å². The van der Waals surface area contributed by atoms with Crippen LogP contribution in [0.1, 0.15) is 32.6 Å². The van der Waals surface area contributed by atoms with Crippen molar-refractivity contribution in [2.45, 2.75) is 13.8 Å². The summed E-state index contributed by atoms with van der Waals surface area (Å²) in [6.07, 6.45) is 0. The molecule has 146 valence electrons. The minimum absolute atomic E-state index is 0.235. The molecular formula is C24H21NO4. The number of amides is 1. The maximum absolute atomic E-state index is 11.3. The molecule has 0 aliphatic rings. The molecule has 5 heteroatoms. The van der Waals surface area contributed by atoms with Crippen LogP contribution in [-0.2, 0) is 4.79 Å². The van der Waals surface area contributed by atoms with E-state index in [9.17, 15) is 9.90 Å². The average molecular weight is 387 g/mol. The second-order valence-electron chi connectivity index (χ2n) is 6.35. The molecule has 0 aliphatic heterocycles. The molecule has 29 heavy (non-hydrogen) atoms. The van der Waals surface area contributed by atoms with E-state index < -0.39 is 5.91 Å². The van der Waals surface area contributed by atoms with Gasteiger partial charge in [-0.15, -0.1) is 0 Å². The molecule has 4 N–H and O–H groups in total. The molecule has 3 aromatic carbocycles. The number of carbonyl (C=O) groups excluding carboxylic acids is 1. The number of hydrogen-bond donors (Lipinski definition) is 3. The van der Waals surface area contributed by atoms with E-state index in [1.54, 1.807) is 24.3 Å². The summed E-state index contributed by atoms with van der Waals surface area (Å²) >= 11 is 0. The van der Waals surface area contributed by atoms with Gasteiger partial charge in [-0.05, 0) is 66.9 Å². The fourth-order valence-electron chi connectivity index (χ4n) is 2.74. The van der Waals surface area contributed by atoms with Crippen molar-refractivity contribution in [3.8, 4) is 28.7 Å². The van der Waals surface area contributed by atoms with Crippen molar-refractivity contribution in [1.82, 2.24) is 0 Å². The van der Waals surface area contributed by atoms with Gasteiger partial charge < -0.3 is 15.9 Å². The fraction of sp³-hybridized carbons (Fsp3) is 0.0833. The van der Waals surface area contributed by atoms with E-state index in [4.69, 9.17) is 15.6 Å². The summed E-state index contributed by atoms with van der Waals surface area (Å²) in [7, 11) is 0. The quantitative estimate of drug-likeness (QED) is 0.459. The monoisotopic (exact) mass is 387 g/mol. The number of phenols is 1. The van der Waals surface area contributed by atoms with Crippen molar-refractivity contribution in [2.75, 3.05) is 0 Å². The first-order valence-electron chi connectivity index (χ1n) is 8.76. The van der Waals surface area contributed by atoms with Crippen LogP contribution in [0.4, 0.5) is 0 Å². The number of aromatic hydroxyl groups is 1. The lowest BCUT2D eigenvalue weighted by molar-refractivity contribution is -0.122. The standard InChI is InChI=1S/C23H19NO2.CH2O2/c1-15-3-4-18(6-5-17-11-12-21(25)14-16(17)2)22(13-15)19-7-9-20(10-8-19)23(24)26;2-1-3/h3-4,7-14,25H,1-2H3,(H2,24,26);1H,(H,2,3). The zero-order valence-corrected chi connectivity index (χ0v) is 16.1. The lowest BCUT2D eigenvalue weighted by Gasteiger charge is -2.07. The number of carboxylic acid groups (broad SMARTS) is 1. The van der Waals surface area contributed by atoms with Gasteiger partial charge in [0.1, 0.15) is 5.75 Å². The van der Waals surface area contributed by atoms with Crippen LogP contribution in [-0.4, -0.2) is 22.6 Å². The van der Waals surface area contributed by atoms with Crippen LogP contribution >= 0.6 is 0 Å². The molecule has 0 atom stereocenters. The van der Waals surface area contributed by atoms with Gasteiger partial charge in [-0.25, -0.2) is 0 Å². The molecule has 0 saturated carbocycles. The Morgan fingerprint density at radius 2 is 1.52 bits per heavy atom. The van der Waals surface area contributed by atoms with Gasteiger partial charge in [0, 0.05) is 16.7 Å². The Morgan fingerprint density at radius 1 is 0.931 bits per heavy atom. The molecule has 0 aromatic heterocycles. The van der Waals surface area contributed by atoms with Crippen molar-refractivity contribution in [1.29, 1.82) is 0 Å². The topological polar surface area (TPSA) is 101 Å². The Bertz CT molecular complexity index is 1090. The zero-order chi connectivity index (χ0) is 21.4. The summed E-state index contributed by atoms with van der Waals surface area (Å²) in [5.41, 5.74) is 11.6. The minimum Gasteiger partial charge on any atom is -0.508 e. The first kappa shape index (κ1) is 21.3. The summed E-state index contributed by atoms with van der Waals surface area (Å²) in [5.74, 6) is 6.20. The summed E-state index contributed by atoms with van der Waals surface area (Å²) < 4.78 is 0. The number of hydrogen-bond acceptors (Lipinski definition) is 3. The van der Waals surface area contributed by atoms with Crippen LogP contribution in [0.25, 0.3) is 11.1 Å². The molecule has 0 unspecified atom stereocenters. The molecule has 3 rings (SSSR count). The van der Waals surface area contributed by atoms with Crippen molar-refractivity contribution < 1.29 is 19.8 Å².